The van der Waals surface area contributed by atoms with Gasteiger partial charge < -0.3 is 19.4 Å². The van der Waals surface area contributed by atoms with Gasteiger partial charge in [-0.2, -0.15) is 0 Å². The molecule has 22 nitrogen and oxygen atoms in total. The second kappa shape index (κ2) is 21.6. The monoisotopic (exact) mass is 1120 g/mol. The summed E-state index contributed by atoms with van der Waals surface area (Å²) >= 11 is 0. The van der Waals surface area contributed by atoms with E-state index >= 15 is 4.79 Å². The van der Waals surface area contributed by atoms with Crippen molar-refractivity contribution in [1.29, 1.82) is 0 Å². The lowest BCUT2D eigenvalue weighted by atomic mass is 9.74. The molecule has 2 saturated heterocycles. The van der Waals surface area contributed by atoms with E-state index in [4.69, 9.17) is 4.74 Å². The summed E-state index contributed by atoms with van der Waals surface area (Å²) in [5.41, 5.74) is 5.14. The van der Waals surface area contributed by atoms with Gasteiger partial charge in [0.15, 0.2) is 0 Å². The molecule has 3 aromatic carbocycles. The molecule has 8 heterocycles. The van der Waals surface area contributed by atoms with Gasteiger partial charge in [-0.15, -0.1) is 40.9 Å². The lowest BCUT2D eigenvalue weighted by Crippen LogP contribution is -2.58. The number of fused-ring (bicyclic) bond motifs is 6. The lowest BCUT2D eigenvalue weighted by molar-refractivity contribution is -0.293. The van der Waals surface area contributed by atoms with E-state index in [0.717, 1.165) is 71.3 Å². The SMILES string of the molecule is CCN(CC)c1ccc2c(c1)Oc1cc(N(CC)CC)ccc1C21c2ccccc2C(=O)N1Cc1cn(CCn2cc(CN(Cc3cn(C4CC(C)(C)N([O])C(C)(C)C4)nn3)Cc3cn(C4CC(C)(C)N([O])C(C)(C)C4)nn3)nn2)nn1. The van der Waals surface area contributed by atoms with Crippen molar-refractivity contribution in [2.75, 3.05) is 36.0 Å². The van der Waals surface area contributed by atoms with Crippen LogP contribution in [0, 0.1) is 0 Å². The molecular weight excluding hydrogens is 1040 g/mol. The van der Waals surface area contributed by atoms with Gasteiger partial charge in [0.05, 0.1) is 67.4 Å². The second-order valence-electron chi connectivity index (χ2n) is 25.4. The van der Waals surface area contributed by atoms with Crippen LogP contribution in [0.1, 0.15) is 171 Å². The average molecular weight is 1120 g/mol. The Bertz CT molecular complexity index is 3240. The first-order valence-corrected chi connectivity index (χ1v) is 29.2. The number of carbonyl (C=O) groups is 1. The normalized spacial score (nSPS) is 19.2. The number of benzene rings is 3. The van der Waals surface area contributed by atoms with Crippen LogP contribution in [0.2, 0.25) is 0 Å². The Hall–Kier alpha value is -7.11. The highest BCUT2D eigenvalue weighted by Gasteiger charge is 2.57. The van der Waals surface area contributed by atoms with Gasteiger partial charge in [-0.25, -0.2) is 9.36 Å². The van der Waals surface area contributed by atoms with Crippen LogP contribution in [-0.4, -0.2) is 134 Å². The Labute approximate surface area is 481 Å². The van der Waals surface area contributed by atoms with Crippen LogP contribution in [0.3, 0.4) is 0 Å². The quantitative estimate of drug-likeness (QED) is 0.0741. The summed E-state index contributed by atoms with van der Waals surface area (Å²) in [6.45, 7) is 30.3. The van der Waals surface area contributed by atoms with E-state index in [0.29, 0.717) is 81.2 Å². The molecule has 434 valence electrons. The van der Waals surface area contributed by atoms with Crippen molar-refractivity contribution in [2.24, 2.45) is 0 Å². The molecule has 2 radical (unpaired) electrons. The minimum absolute atomic E-state index is 0.0104. The zero-order valence-corrected chi connectivity index (χ0v) is 49.8. The first kappa shape index (κ1) is 56.7. The summed E-state index contributed by atoms with van der Waals surface area (Å²) in [5, 5.41) is 65.9. The van der Waals surface area contributed by atoms with Crippen molar-refractivity contribution < 1.29 is 19.9 Å². The van der Waals surface area contributed by atoms with Crippen LogP contribution in [0.5, 0.6) is 11.5 Å². The Morgan fingerprint density at radius 3 is 1.40 bits per heavy atom. The molecule has 0 atom stereocenters. The van der Waals surface area contributed by atoms with Gasteiger partial charge in [0.2, 0.25) is 0 Å². The molecule has 0 saturated carbocycles. The predicted octanol–water partition coefficient (Wildman–Crippen LogP) is 8.78. The molecule has 1 amide bonds. The van der Waals surface area contributed by atoms with Crippen LogP contribution < -0.4 is 14.5 Å². The molecule has 4 aliphatic heterocycles. The maximum Gasteiger partial charge on any atom is 0.255 e. The van der Waals surface area contributed by atoms with Crippen LogP contribution >= 0.6 is 0 Å². The third-order valence-corrected chi connectivity index (χ3v) is 17.6. The van der Waals surface area contributed by atoms with Gasteiger partial charge in [-0.1, -0.05) is 51.2 Å². The number of rotatable bonds is 19. The van der Waals surface area contributed by atoms with E-state index in [9.17, 15) is 10.4 Å². The second-order valence-corrected chi connectivity index (χ2v) is 25.4. The molecule has 22 heteroatoms. The summed E-state index contributed by atoms with van der Waals surface area (Å²) < 4.78 is 14.4. The van der Waals surface area contributed by atoms with Gasteiger partial charge in [0.1, 0.15) is 22.7 Å². The summed E-state index contributed by atoms with van der Waals surface area (Å²) in [5.74, 6) is 1.34. The molecular formula is C60H80N18O4. The van der Waals surface area contributed by atoms with E-state index < -0.39 is 27.7 Å². The minimum atomic E-state index is -1.02. The van der Waals surface area contributed by atoms with Crippen molar-refractivity contribution in [3.63, 3.8) is 0 Å². The maximum absolute atomic E-state index is 15.0. The molecule has 11 rings (SSSR count). The van der Waals surface area contributed by atoms with Crippen molar-refractivity contribution in [3.8, 4) is 11.5 Å². The van der Waals surface area contributed by atoms with Crippen molar-refractivity contribution >= 4 is 17.3 Å². The highest BCUT2D eigenvalue weighted by atomic mass is 16.5. The fraction of sp³-hybridized carbons (Fsp3) is 0.550. The lowest BCUT2D eigenvalue weighted by Gasteiger charge is -2.49. The fourth-order valence-electron chi connectivity index (χ4n) is 14.0. The van der Waals surface area contributed by atoms with E-state index in [1.807, 2.05) is 117 Å². The molecule has 0 bridgehead atoms. The van der Waals surface area contributed by atoms with Gasteiger partial charge in [-0.05, 0) is 133 Å². The fourth-order valence-corrected chi connectivity index (χ4v) is 14.0. The highest BCUT2D eigenvalue weighted by Crippen LogP contribution is 2.59. The number of anilines is 2. The van der Waals surface area contributed by atoms with Gasteiger partial charge in [0, 0.05) is 114 Å². The smallest absolute Gasteiger partial charge is 0.255 e. The third kappa shape index (κ3) is 10.3. The predicted molar refractivity (Wildman–Crippen MR) is 307 cm³/mol. The Balaban J connectivity index is 0.832. The van der Waals surface area contributed by atoms with Crippen LogP contribution in [0.4, 0.5) is 11.4 Å². The Kier molecular flexibility index (Phi) is 14.9. The molecule has 2 fully saturated rings. The molecule has 4 aliphatic rings. The molecule has 1 spiro atoms. The number of hydroxylamine groups is 4. The summed E-state index contributed by atoms with van der Waals surface area (Å²) in [7, 11) is 0. The molecule has 0 unspecified atom stereocenters. The van der Waals surface area contributed by atoms with Crippen LogP contribution in [0.15, 0.2) is 85.5 Å². The zero-order chi connectivity index (χ0) is 58.1. The van der Waals surface area contributed by atoms with E-state index in [-0.39, 0.29) is 24.5 Å². The summed E-state index contributed by atoms with van der Waals surface area (Å²) in [6, 6.07) is 20.8. The van der Waals surface area contributed by atoms with Gasteiger partial charge in [-0.3, -0.25) is 19.1 Å². The van der Waals surface area contributed by atoms with Crippen LogP contribution in [0.25, 0.3) is 0 Å². The number of piperidine rings is 2. The maximum atomic E-state index is 15.0. The standard InChI is InChI=1S/C60H80N18O4/c1-13-70(14-2)45-21-23-51-53(27-45)82-54-28-46(71(15-3)16-4)22-24-52(54)60(51)50-20-18-17-19-49(50)55(79)74(60)38-44-37-73(66-62-44)26-25-72-36-41(61-65-72)33-69(34-42-39-75(67-63-42)47-29-56(5,6)77(80)57(7,8)30-47)35-43-40-76(68-64-43)48-31-58(9,10)78(81)59(11,12)32-48/h17-24,27-28,36-37,39-40,47-48H,13-16,25-26,29-35,38H2,1-12H3. The molecule has 82 heavy (non-hydrogen) atoms. The number of hydrogen-bond donors (Lipinski definition) is 0. The number of nitrogens with zero attached hydrogens (tertiary/aromatic N) is 18. The number of hydrogen-bond acceptors (Lipinski definition) is 15. The van der Waals surface area contributed by atoms with Gasteiger partial charge >= 0.3 is 0 Å². The first-order valence-electron chi connectivity index (χ1n) is 29.2. The minimum Gasteiger partial charge on any atom is -0.456 e. The van der Waals surface area contributed by atoms with Gasteiger partial charge in [0.25, 0.3) is 5.91 Å². The van der Waals surface area contributed by atoms with E-state index in [2.05, 4.69) is 126 Å². The van der Waals surface area contributed by atoms with Crippen molar-refractivity contribution in [2.45, 2.75) is 188 Å². The number of carbonyl (C=O) groups excluding carboxylic acids is 1. The largest absolute Gasteiger partial charge is 0.456 e. The Morgan fingerprint density at radius 2 is 0.939 bits per heavy atom. The van der Waals surface area contributed by atoms with Crippen molar-refractivity contribution in [3.05, 3.63) is 130 Å². The molecule has 0 N–H and O–H groups in total. The molecule has 7 aromatic rings. The van der Waals surface area contributed by atoms with Crippen LogP contribution in [-0.2, 0) is 55.2 Å². The number of amides is 1. The third-order valence-electron chi connectivity index (χ3n) is 17.6. The zero-order valence-electron chi connectivity index (χ0n) is 49.8. The average Bonchev–Trinajstić information content (AvgIpc) is 4.01. The first-order chi connectivity index (χ1) is 39.1. The number of aromatic nitrogens is 12. The summed E-state index contributed by atoms with van der Waals surface area (Å²) in [6.07, 6.45) is 10.5. The Morgan fingerprint density at radius 1 is 0.524 bits per heavy atom. The summed E-state index contributed by atoms with van der Waals surface area (Å²) in [4.78, 5) is 23.8. The van der Waals surface area contributed by atoms with Crippen molar-refractivity contribution in [1.82, 2.24) is 79.9 Å². The number of ether oxygens (including phenoxy) is 1. The molecule has 0 aliphatic carbocycles. The van der Waals surface area contributed by atoms with E-state index in [1.54, 1.807) is 4.68 Å². The van der Waals surface area contributed by atoms with E-state index in [1.165, 1.54) is 10.1 Å². The molecule has 4 aromatic heterocycles. The highest BCUT2D eigenvalue weighted by molar-refractivity contribution is 6.02. The number of aryl methyl sites for hydroxylation is 2. The topological polar surface area (TPSA) is 208 Å².